The van der Waals surface area contributed by atoms with Crippen molar-refractivity contribution in [2.45, 2.75) is 38.7 Å². The number of hydrogen-bond acceptors (Lipinski definition) is 5. The van der Waals surface area contributed by atoms with Crippen molar-refractivity contribution in [3.05, 3.63) is 47.1 Å². The van der Waals surface area contributed by atoms with Crippen LogP contribution in [0.3, 0.4) is 0 Å². The van der Waals surface area contributed by atoms with Gasteiger partial charge < -0.3 is 15.2 Å². The molecule has 1 aliphatic rings. The molecule has 0 aliphatic carbocycles. The second-order valence-electron chi connectivity index (χ2n) is 6.72. The molecule has 160 valence electrons. The molecule has 0 radical (unpaired) electrons. The predicted molar refractivity (Wildman–Crippen MR) is 113 cm³/mol. The number of guanidine groups is 1. The molecule has 1 saturated heterocycles. The molecule has 29 heavy (non-hydrogen) atoms. The van der Waals surface area contributed by atoms with Gasteiger partial charge in [0.2, 0.25) is 5.89 Å². The van der Waals surface area contributed by atoms with E-state index in [2.05, 4.69) is 30.7 Å². The van der Waals surface area contributed by atoms with Crippen molar-refractivity contribution < 1.29 is 17.7 Å². The third-order valence-electron chi connectivity index (χ3n) is 4.51. The summed E-state index contributed by atoms with van der Waals surface area (Å²) in [6.07, 6.45) is -3.38. The Morgan fingerprint density at radius 2 is 2.03 bits per heavy atom. The maximum atomic E-state index is 12.7. The molecular formula is C18H24F3IN6O. The molecule has 11 heteroatoms. The molecule has 1 fully saturated rings. The average molecular weight is 524 g/mol. The first-order chi connectivity index (χ1) is 13.3. The van der Waals surface area contributed by atoms with Crippen LogP contribution in [-0.2, 0) is 19.3 Å². The third kappa shape index (κ3) is 6.84. The summed E-state index contributed by atoms with van der Waals surface area (Å²) < 4.78 is 42.9. The van der Waals surface area contributed by atoms with Crippen molar-refractivity contribution in [2.75, 3.05) is 20.1 Å². The molecule has 1 atom stereocenters. The molecule has 2 heterocycles. The molecule has 3 rings (SSSR count). The highest BCUT2D eigenvalue weighted by Crippen LogP contribution is 2.29. The number of aliphatic imine (C=N–C) groups is 1. The molecule has 2 aromatic rings. The van der Waals surface area contributed by atoms with E-state index in [4.69, 9.17) is 4.52 Å². The summed E-state index contributed by atoms with van der Waals surface area (Å²) in [6, 6.07) is 5.54. The zero-order valence-electron chi connectivity index (χ0n) is 16.2. The van der Waals surface area contributed by atoms with Gasteiger partial charge in [-0.2, -0.15) is 18.2 Å². The lowest BCUT2D eigenvalue weighted by molar-refractivity contribution is -0.137. The zero-order chi connectivity index (χ0) is 20.1. The van der Waals surface area contributed by atoms with Crippen LogP contribution in [0.2, 0.25) is 0 Å². The highest BCUT2D eigenvalue weighted by atomic mass is 127. The summed E-state index contributed by atoms with van der Waals surface area (Å²) in [5, 5.41) is 10.3. The van der Waals surface area contributed by atoms with Crippen molar-refractivity contribution in [2.24, 2.45) is 4.99 Å². The van der Waals surface area contributed by atoms with Crippen molar-refractivity contribution in [1.82, 2.24) is 25.7 Å². The monoisotopic (exact) mass is 524 g/mol. The van der Waals surface area contributed by atoms with E-state index in [1.165, 1.54) is 12.1 Å². The Kier molecular flexibility index (Phi) is 8.25. The molecule has 0 amide bonds. The van der Waals surface area contributed by atoms with Gasteiger partial charge in [-0.25, -0.2) is 0 Å². The minimum atomic E-state index is -4.30. The number of nitrogens with one attached hydrogen (secondary N) is 2. The Hall–Kier alpha value is -1.89. The van der Waals surface area contributed by atoms with Gasteiger partial charge in [-0.1, -0.05) is 17.3 Å². The Balaban J connectivity index is 0.00000300. The maximum absolute atomic E-state index is 12.7. The number of rotatable bonds is 5. The first kappa shape index (κ1) is 23.4. The van der Waals surface area contributed by atoms with Crippen molar-refractivity contribution in [3.8, 4) is 0 Å². The van der Waals surface area contributed by atoms with Crippen LogP contribution in [0.4, 0.5) is 13.2 Å². The summed E-state index contributed by atoms with van der Waals surface area (Å²) in [6.45, 7) is 4.39. The van der Waals surface area contributed by atoms with E-state index in [0.717, 1.165) is 37.2 Å². The van der Waals surface area contributed by atoms with Gasteiger partial charge in [0, 0.05) is 39.6 Å². The highest BCUT2D eigenvalue weighted by Gasteiger charge is 2.30. The number of nitrogens with zero attached hydrogens (tertiary/aromatic N) is 4. The summed E-state index contributed by atoms with van der Waals surface area (Å²) in [5.74, 6) is 1.70. The summed E-state index contributed by atoms with van der Waals surface area (Å²) in [7, 11) is 1.69. The van der Waals surface area contributed by atoms with Gasteiger partial charge in [-0.15, -0.1) is 24.0 Å². The maximum Gasteiger partial charge on any atom is 0.416 e. The van der Waals surface area contributed by atoms with Gasteiger partial charge in [-0.3, -0.25) is 9.89 Å². The summed E-state index contributed by atoms with van der Waals surface area (Å²) in [5.41, 5.74) is 0.243. The third-order valence-corrected chi connectivity index (χ3v) is 4.51. The topological polar surface area (TPSA) is 78.6 Å². The van der Waals surface area contributed by atoms with E-state index in [9.17, 15) is 13.2 Å². The number of aromatic nitrogens is 2. The lowest BCUT2D eigenvalue weighted by atomic mass is 10.1. The van der Waals surface area contributed by atoms with E-state index in [1.807, 2.05) is 0 Å². The minimum absolute atomic E-state index is 0. The number of benzene rings is 1. The summed E-state index contributed by atoms with van der Waals surface area (Å²) in [4.78, 5) is 10.5. The number of halogens is 4. The fourth-order valence-corrected chi connectivity index (χ4v) is 3.12. The molecule has 1 aliphatic heterocycles. The molecule has 7 nitrogen and oxygen atoms in total. The number of hydrogen-bond donors (Lipinski definition) is 2. The SMILES string of the molecule is CN=C(NCc1noc(C)n1)NC1CCN(Cc2ccc(C(F)(F)F)cc2)C1.I. The van der Waals surface area contributed by atoms with Crippen LogP contribution in [0.1, 0.15) is 29.3 Å². The Morgan fingerprint density at radius 3 is 2.62 bits per heavy atom. The quantitative estimate of drug-likeness (QED) is 0.356. The van der Waals surface area contributed by atoms with E-state index >= 15 is 0 Å². The standard InChI is InChI=1S/C18H23F3N6O.HI/c1-12-24-16(26-28-12)9-23-17(22-2)25-15-7-8-27(11-15)10-13-3-5-14(6-4-13)18(19,20)21;/h3-6,15H,7-11H2,1-2H3,(H2,22,23,25);1H. The first-order valence-electron chi connectivity index (χ1n) is 8.98. The van der Waals surface area contributed by atoms with Gasteiger partial charge >= 0.3 is 6.18 Å². The number of aryl methyl sites for hydroxylation is 1. The van der Waals surface area contributed by atoms with Gasteiger partial charge in [0.25, 0.3) is 0 Å². The Morgan fingerprint density at radius 1 is 1.31 bits per heavy atom. The second kappa shape index (κ2) is 10.2. The largest absolute Gasteiger partial charge is 0.416 e. The van der Waals surface area contributed by atoms with Crippen molar-refractivity contribution in [3.63, 3.8) is 0 Å². The zero-order valence-corrected chi connectivity index (χ0v) is 18.5. The first-order valence-corrected chi connectivity index (χ1v) is 8.98. The molecule has 1 aromatic carbocycles. The number of likely N-dealkylation sites (tertiary alicyclic amines) is 1. The van der Waals surface area contributed by atoms with Gasteiger partial charge in [0.15, 0.2) is 11.8 Å². The molecule has 2 N–H and O–H groups in total. The van der Waals surface area contributed by atoms with Crippen LogP contribution in [0.25, 0.3) is 0 Å². The fraction of sp³-hybridized carbons (Fsp3) is 0.500. The van der Waals surface area contributed by atoms with Crippen molar-refractivity contribution in [1.29, 1.82) is 0 Å². The van der Waals surface area contributed by atoms with Crippen molar-refractivity contribution >= 4 is 29.9 Å². The highest BCUT2D eigenvalue weighted by molar-refractivity contribution is 14.0. The van der Waals surface area contributed by atoms with Crippen LogP contribution in [-0.4, -0.2) is 47.2 Å². The number of alkyl halides is 3. The van der Waals surface area contributed by atoms with Crippen LogP contribution >= 0.6 is 24.0 Å². The molecule has 1 unspecified atom stereocenters. The Bertz CT molecular complexity index is 809. The minimum Gasteiger partial charge on any atom is -0.352 e. The second-order valence-corrected chi connectivity index (χ2v) is 6.72. The lowest BCUT2D eigenvalue weighted by Crippen LogP contribution is -2.44. The van der Waals surface area contributed by atoms with Crippen LogP contribution in [0.15, 0.2) is 33.8 Å². The molecule has 0 bridgehead atoms. The lowest BCUT2D eigenvalue weighted by Gasteiger charge is -2.19. The average Bonchev–Trinajstić information content (AvgIpc) is 3.27. The van der Waals surface area contributed by atoms with E-state index in [-0.39, 0.29) is 30.0 Å². The predicted octanol–water partition coefficient (Wildman–Crippen LogP) is 2.95. The van der Waals surface area contributed by atoms with E-state index < -0.39 is 11.7 Å². The summed E-state index contributed by atoms with van der Waals surface area (Å²) >= 11 is 0. The van der Waals surface area contributed by atoms with E-state index in [1.54, 1.807) is 14.0 Å². The molecule has 0 saturated carbocycles. The van der Waals surface area contributed by atoms with Crippen LogP contribution in [0.5, 0.6) is 0 Å². The van der Waals surface area contributed by atoms with Gasteiger partial charge in [0.1, 0.15) is 0 Å². The van der Waals surface area contributed by atoms with Crippen LogP contribution in [0, 0.1) is 6.92 Å². The smallest absolute Gasteiger partial charge is 0.352 e. The van der Waals surface area contributed by atoms with Gasteiger partial charge in [-0.05, 0) is 24.1 Å². The van der Waals surface area contributed by atoms with Crippen LogP contribution < -0.4 is 10.6 Å². The fourth-order valence-electron chi connectivity index (χ4n) is 3.12. The van der Waals surface area contributed by atoms with E-state index in [0.29, 0.717) is 30.8 Å². The molecule has 0 spiro atoms. The molecule has 1 aromatic heterocycles. The normalized spacial score (nSPS) is 17.8. The Labute approximate surface area is 184 Å². The molecular weight excluding hydrogens is 500 g/mol. The van der Waals surface area contributed by atoms with Gasteiger partial charge in [0.05, 0.1) is 12.1 Å².